The fourth-order valence-corrected chi connectivity index (χ4v) is 2.80. The summed E-state index contributed by atoms with van der Waals surface area (Å²) in [7, 11) is 0. The van der Waals surface area contributed by atoms with Gasteiger partial charge < -0.3 is 5.11 Å². The summed E-state index contributed by atoms with van der Waals surface area (Å²) in [6, 6.07) is 4.06. The average molecular weight is 261 g/mol. The molecule has 2 nitrogen and oxygen atoms in total. The molecule has 3 heteroatoms. The normalized spacial score (nSPS) is 12.7. The van der Waals surface area contributed by atoms with Crippen LogP contribution in [0.1, 0.15) is 43.8 Å². The van der Waals surface area contributed by atoms with E-state index in [1.165, 1.54) is 6.42 Å². The Morgan fingerprint density at radius 3 is 3.11 bits per heavy atom. The Kier molecular flexibility index (Phi) is 4.90. The molecule has 1 atom stereocenters. The Morgan fingerprint density at radius 2 is 2.28 bits per heavy atom. The number of nitrogens with zero attached hydrogens (tertiary/aromatic N) is 1. The number of fused-ring (bicyclic) bond motifs is 1. The lowest BCUT2D eigenvalue weighted by Crippen LogP contribution is -1.98. The standard InChI is InChI=1S/C15H19NOS/c1-2-3-4-5-6-7-14(17)12-10-15-13(16-11-12)8-9-18-15/h2,8-11,14,17H,1,3-7H2. The lowest BCUT2D eigenvalue weighted by atomic mass is 10.0. The van der Waals surface area contributed by atoms with Crippen molar-refractivity contribution in [2.75, 3.05) is 0 Å². The first-order chi connectivity index (χ1) is 8.81. The van der Waals surface area contributed by atoms with E-state index in [1.807, 2.05) is 17.5 Å². The molecule has 0 aliphatic carbocycles. The van der Waals surface area contributed by atoms with Gasteiger partial charge in [0.1, 0.15) is 0 Å². The quantitative estimate of drug-likeness (QED) is 0.589. The highest BCUT2D eigenvalue weighted by Gasteiger charge is 2.09. The summed E-state index contributed by atoms with van der Waals surface area (Å²) in [5.41, 5.74) is 1.95. The number of allylic oxidation sites excluding steroid dienone is 1. The fraction of sp³-hybridized carbons (Fsp3) is 0.400. The van der Waals surface area contributed by atoms with E-state index >= 15 is 0 Å². The Labute approximate surface area is 112 Å². The van der Waals surface area contributed by atoms with Crippen molar-refractivity contribution in [3.63, 3.8) is 0 Å². The third kappa shape index (κ3) is 3.40. The van der Waals surface area contributed by atoms with Crippen molar-refractivity contribution >= 4 is 21.6 Å². The van der Waals surface area contributed by atoms with Crippen LogP contribution < -0.4 is 0 Å². The highest BCUT2D eigenvalue weighted by atomic mass is 32.1. The van der Waals surface area contributed by atoms with Gasteiger partial charge in [-0.1, -0.05) is 18.9 Å². The summed E-state index contributed by atoms with van der Waals surface area (Å²) >= 11 is 1.67. The monoisotopic (exact) mass is 261 g/mol. The third-order valence-electron chi connectivity index (χ3n) is 3.09. The molecule has 0 fully saturated rings. The Morgan fingerprint density at radius 1 is 1.39 bits per heavy atom. The maximum Gasteiger partial charge on any atom is 0.0809 e. The largest absolute Gasteiger partial charge is 0.388 e. The van der Waals surface area contributed by atoms with E-state index in [0.717, 1.165) is 41.5 Å². The highest BCUT2D eigenvalue weighted by molar-refractivity contribution is 7.17. The van der Waals surface area contributed by atoms with Gasteiger partial charge in [0.15, 0.2) is 0 Å². The zero-order valence-corrected chi connectivity index (χ0v) is 11.3. The topological polar surface area (TPSA) is 33.1 Å². The number of pyridine rings is 1. The summed E-state index contributed by atoms with van der Waals surface area (Å²) in [4.78, 5) is 4.36. The number of hydrogen-bond acceptors (Lipinski definition) is 3. The van der Waals surface area contributed by atoms with Gasteiger partial charge >= 0.3 is 0 Å². The van der Waals surface area contributed by atoms with E-state index in [4.69, 9.17) is 0 Å². The number of hydrogen-bond donors (Lipinski definition) is 1. The number of aliphatic hydroxyl groups excluding tert-OH is 1. The molecule has 18 heavy (non-hydrogen) atoms. The first-order valence-corrected chi connectivity index (χ1v) is 7.31. The van der Waals surface area contributed by atoms with Gasteiger partial charge in [-0.05, 0) is 36.8 Å². The lowest BCUT2D eigenvalue weighted by Gasteiger charge is -2.10. The van der Waals surface area contributed by atoms with E-state index in [-0.39, 0.29) is 6.10 Å². The van der Waals surface area contributed by atoms with Crippen LogP contribution in [0.25, 0.3) is 10.2 Å². The maximum absolute atomic E-state index is 10.1. The highest BCUT2D eigenvalue weighted by Crippen LogP contribution is 2.25. The molecule has 1 N–H and O–H groups in total. The molecule has 0 saturated carbocycles. The molecule has 0 aliphatic rings. The summed E-state index contributed by atoms with van der Waals surface area (Å²) in [6.45, 7) is 3.71. The van der Waals surface area contributed by atoms with Crippen LogP contribution >= 0.6 is 11.3 Å². The number of rotatable bonds is 7. The van der Waals surface area contributed by atoms with Crippen LogP contribution in [0, 0.1) is 0 Å². The summed E-state index contributed by atoms with van der Waals surface area (Å²) in [5, 5.41) is 12.1. The molecule has 96 valence electrons. The van der Waals surface area contributed by atoms with Crippen LogP contribution in [0.2, 0.25) is 0 Å². The maximum atomic E-state index is 10.1. The van der Waals surface area contributed by atoms with Crippen molar-refractivity contribution in [3.05, 3.63) is 41.9 Å². The molecule has 0 bridgehead atoms. The molecule has 0 aromatic carbocycles. The zero-order chi connectivity index (χ0) is 12.8. The van der Waals surface area contributed by atoms with Crippen molar-refractivity contribution in [2.24, 2.45) is 0 Å². The molecule has 0 saturated heterocycles. The number of aromatic nitrogens is 1. The van der Waals surface area contributed by atoms with Gasteiger partial charge in [0.05, 0.1) is 16.3 Å². The Hall–Kier alpha value is -1.19. The number of thiophene rings is 1. The van der Waals surface area contributed by atoms with E-state index < -0.39 is 0 Å². The van der Waals surface area contributed by atoms with Crippen molar-refractivity contribution in [3.8, 4) is 0 Å². The zero-order valence-electron chi connectivity index (χ0n) is 10.5. The predicted octanol–water partition coefficient (Wildman–Crippen LogP) is 4.47. The van der Waals surface area contributed by atoms with Gasteiger partial charge in [0.25, 0.3) is 0 Å². The molecular formula is C15H19NOS. The first kappa shape index (κ1) is 13.2. The van der Waals surface area contributed by atoms with Crippen LogP contribution in [0.15, 0.2) is 36.4 Å². The molecule has 1 unspecified atom stereocenters. The summed E-state index contributed by atoms with van der Waals surface area (Å²) in [5.74, 6) is 0. The minimum absolute atomic E-state index is 0.382. The van der Waals surface area contributed by atoms with Crippen LogP contribution in [0.3, 0.4) is 0 Å². The molecule has 2 rings (SSSR count). The SMILES string of the molecule is C=CCCCCCC(O)c1cnc2ccsc2c1. The minimum Gasteiger partial charge on any atom is -0.388 e. The second-order valence-electron chi connectivity index (χ2n) is 4.52. The molecule has 0 radical (unpaired) electrons. The smallest absolute Gasteiger partial charge is 0.0809 e. The average Bonchev–Trinajstić information content (AvgIpc) is 2.85. The molecule has 0 amide bonds. The molecule has 2 heterocycles. The molecule has 2 aromatic rings. The van der Waals surface area contributed by atoms with Crippen molar-refractivity contribution in [2.45, 2.75) is 38.2 Å². The van der Waals surface area contributed by atoms with Crippen LogP contribution in [-0.4, -0.2) is 10.1 Å². The Bertz CT molecular complexity index is 506. The lowest BCUT2D eigenvalue weighted by molar-refractivity contribution is 0.163. The van der Waals surface area contributed by atoms with Crippen molar-refractivity contribution < 1.29 is 5.11 Å². The van der Waals surface area contributed by atoms with E-state index in [0.29, 0.717) is 0 Å². The van der Waals surface area contributed by atoms with Gasteiger partial charge in [0.2, 0.25) is 0 Å². The first-order valence-electron chi connectivity index (χ1n) is 6.43. The Balaban J connectivity index is 1.87. The van der Waals surface area contributed by atoms with Gasteiger partial charge in [-0.25, -0.2) is 0 Å². The van der Waals surface area contributed by atoms with Crippen LogP contribution in [-0.2, 0) is 0 Å². The molecule has 0 aliphatic heterocycles. The molecular weight excluding hydrogens is 242 g/mol. The molecule has 2 aromatic heterocycles. The van der Waals surface area contributed by atoms with Gasteiger partial charge in [-0.15, -0.1) is 17.9 Å². The minimum atomic E-state index is -0.382. The number of aliphatic hydroxyl groups is 1. The molecule has 0 spiro atoms. The van der Waals surface area contributed by atoms with Gasteiger partial charge in [-0.3, -0.25) is 4.98 Å². The van der Waals surface area contributed by atoms with Crippen LogP contribution in [0.5, 0.6) is 0 Å². The second kappa shape index (κ2) is 6.66. The summed E-state index contributed by atoms with van der Waals surface area (Å²) in [6.07, 6.45) is 8.62. The fourth-order valence-electron chi connectivity index (χ4n) is 2.01. The van der Waals surface area contributed by atoms with E-state index in [2.05, 4.69) is 17.6 Å². The second-order valence-corrected chi connectivity index (χ2v) is 5.46. The van der Waals surface area contributed by atoms with Gasteiger partial charge in [-0.2, -0.15) is 0 Å². The number of unbranched alkanes of at least 4 members (excludes halogenated alkanes) is 3. The van der Waals surface area contributed by atoms with Crippen molar-refractivity contribution in [1.82, 2.24) is 4.98 Å². The predicted molar refractivity (Wildman–Crippen MR) is 77.9 cm³/mol. The van der Waals surface area contributed by atoms with Crippen LogP contribution in [0.4, 0.5) is 0 Å². The van der Waals surface area contributed by atoms with E-state index in [1.54, 1.807) is 17.5 Å². The van der Waals surface area contributed by atoms with E-state index in [9.17, 15) is 5.11 Å². The summed E-state index contributed by atoms with van der Waals surface area (Å²) < 4.78 is 1.15. The van der Waals surface area contributed by atoms with Crippen molar-refractivity contribution in [1.29, 1.82) is 0 Å². The van der Waals surface area contributed by atoms with Gasteiger partial charge in [0, 0.05) is 11.8 Å². The third-order valence-corrected chi connectivity index (χ3v) is 3.95.